The first-order chi connectivity index (χ1) is 19.8. The first kappa shape index (κ1) is 22.8. The van der Waals surface area contributed by atoms with Gasteiger partial charge in [0, 0.05) is 36.6 Å². The molecule has 8 rings (SSSR count). The number of thiophene rings is 1. The molecule has 40 heavy (non-hydrogen) atoms. The van der Waals surface area contributed by atoms with E-state index < -0.39 is 0 Å². The Morgan fingerprint density at radius 1 is 0.525 bits per heavy atom. The van der Waals surface area contributed by atoms with E-state index in [1.165, 1.54) is 42.1 Å². The van der Waals surface area contributed by atoms with Gasteiger partial charge in [0.05, 0.1) is 22.7 Å². The minimum Gasteiger partial charge on any atom is -0.309 e. The maximum absolute atomic E-state index is 10.0. The molecular weight excluding hydrogens is 504 g/mol. The fraction of sp³-hybridized carbons (Fsp3) is 0. The number of nitrogens with zero attached hydrogens (tertiary/aromatic N) is 2. The number of rotatable bonds is 3. The smallest absolute Gasteiger partial charge is 0.0992 e. The molecule has 2 nitrogen and oxygen atoms in total. The van der Waals surface area contributed by atoms with Gasteiger partial charge in [-0.2, -0.15) is 5.26 Å². The standard InChI is InChI=1S/C37H22N2S/c38-23-24-19-27(22-28(20-24)39-34-16-4-1-11-30(34)31-12-2-5-17-35(31)39)25-9-7-10-26(21-25)29-14-8-15-33-32-13-3-6-18-36(32)40-37(29)33/h1-22H. The number of nitriles is 1. The molecule has 186 valence electrons. The summed E-state index contributed by atoms with van der Waals surface area (Å²) in [6.07, 6.45) is 0. The maximum Gasteiger partial charge on any atom is 0.0992 e. The van der Waals surface area contributed by atoms with Gasteiger partial charge >= 0.3 is 0 Å². The summed E-state index contributed by atoms with van der Waals surface area (Å²) in [5.74, 6) is 0. The van der Waals surface area contributed by atoms with Crippen LogP contribution in [-0.4, -0.2) is 4.57 Å². The van der Waals surface area contributed by atoms with Crippen LogP contribution < -0.4 is 0 Å². The van der Waals surface area contributed by atoms with Crippen LogP contribution in [0.15, 0.2) is 133 Å². The minimum absolute atomic E-state index is 0.645. The molecule has 3 heteroatoms. The summed E-state index contributed by atoms with van der Waals surface area (Å²) in [4.78, 5) is 0. The SMILES string of the molecule is N#Cc1cc(-c2cccc(-c3cccc4c3sc3ccccc34)c2)cc(-n2c3ccccc3c3ccccc32)c1. The topological polar surface area (TPSA) is 28.7 Å². The van der Waals surface area contributed by atoms with Crippen LogP contribution >= 0.6 is 11.3 Å². The normalized spacial score (nSPS) is 11.5. The number of hydrogen-bond donors (Lipinski definition) is 0. The highest BCUT2D eigenvalue weighted by atomic mass is 32.1. The third-order valence-electron chi connectivity index (χ3n) is 7.80. The maximum atomic E-state index is 10.0. The van der Waals surface area contributed by atoms with Gasteiger partial charge in [-0.05, 0) is 64.7 Å². The molecule has 0 aliphatic heterocycles. The summed E-state index contributed by atoms with van der Waals surface area (Å²) in [7, 11) is 0. The van der Waals surface area contributed by atoms with Crippen LogP contribution in [0.2, 0.25) is 0 Å². The van der Waals surface area contributed by atoms with Gasteiger partial charge in [0.25, 0.3) is 0 Å². The molecule has 0 amide bonds. The van der Waals surface area contributed by atoms with E-state index in [1.54, 1.807) is 0 Å². The zero-order chi connectivity index (χ0) is 26.6. The molecule has 0 saturated carbocycles. The Morgan fingerprint density at radius 3 is 1.95 bits per heavy atom. The molecule has 0 radical (unpaired) electrons. The Hall–Kier alpha value is -5.17. The van der Waals surface area contributed by atoms with Crippen LogP contribution in [0, 0.1) is 11.3 Å². The van der Waals surface area contributed by atoms with Gasteiger partial charge in [-0.25, -0.2) is 0 Å². The van der Waals surface area contributed by atoms with E-state index in [1.807, 2.05) is 23.5 Å². The average molecular weight is 527 g/mol. The molecule has 0 unspecified atom stereocenters. The van der Waals surface area contributed by atoms with E-state index in [0.717, 1.165) is 27.8 Å². The zero-order valence-corrected chi connectivity index (χ0v) is 22.3. The van der Waals surface area contributed by atoms with Crippen molar-refractivity contribution in [3.8, 4) is 34.0 Å². The van der Waals surface area contributed by atoms with E-state index in [4.69, 9.17) is 0 Å². The second-order valence-corrected chi connectivity index (χ2v) is 11.2. The van der Waals surface area contributed by atoms with Gasteiger partial charge in [0.1, 0.15) is 0 Å². The Labute approximate surface area is 235 Å². The third-order valence-corrected chi connectivity index (χ3v) is 9.02. The molecule has 0 bridgehead atoms. The average Bonchev–Trinajstić information content (AvgIpc) is 3.57. The molecule has 0 saturated heterocycles. The highest BCUT2D eigenvalue weighted by Gasteiger charge is 2.15. The predicted molar refractivity (Wildman–Crippen MR) is 169 cm³/mol. The van der Waals surface area contributed by atoms with E-state index in [-0.39, 0.29) is 0 Å². The molecule has 6 aromatic carbocycles. The van der Waals surface area contributed by atoms with Crippen molar-refractivity contribution in [2.24, 2.45) is 0 Å². The Morgan fingerprint density at radius 2 is 1.18 bits per heavy atom. The lowest BCUT2D eigenvalue weighted by Gasteiger charge is -2.12. The van der Waals surface area contributed by atoms with Crippen molar-refractivity contribution in [1.29, 1.82) is 5.26 Å². The summed E-state index contributed by atoms with van der Waals surface area (Å²) in [5, 5.41) is 15.0. The molecule has 0 spiro atoms. The summed E-state index contributed by atoms with van der Waals surface area (Å²) >= 11 is 1.85. The highest BCUT2D eigenvalue weighted by molar-refractivity contribution is 7.26. The van der Waals surface area contributed by atoms with Gasteiger partial charge in [0.15, 0.2) is 0 Å². The van der Waals surface area contributed by atoms with Crippen LogP contribution in [0.5, 0.6) is 0 Å². The summed E-state index contributed by atoms with van der Waals surface area (Å²) in [5.41, 5.74) is 8.44. The summed E-state index contributed by atoms with van der Waals surface area (Å²) in [6.45, 7) is 0. The number of benzene rings is 6. The molecular formula is C37H22N2S. The highest BCUT2D eigenvalue weighted by Crippen LogP contribution is 2.41. The number of hydrogen-bond acceptors (Lipinski definition) is 2. The number of para-hydroxylation sites is 2. The lowest BCUT2D eigenvalue weighted by atomic mass is 9.96. The van der Waals surface area contributed by atoms with Crippen LogP contribution in [-0.2, 0) is 0 Å². The van der Waals surface area contributed by atoms with Crippen molar-refractivity contribution in [1.82, 2.24) is 4.57 Å². The van der Waals surface area contributed by atoms with Gasteiger partial charge in [0.2, 0.25) is 0 Å². The Balaban J connectivity index is 1.32. The predicted octanol–water partition coefficient (Wildman–Crippen LogP) is 10.4. The van der Waals surface area contributed by atoms with Gasteiger partial charge < -0.3 is 4.57 Å². The summed E-state index contributed by atoms with van der Waals surface area (Å²) < 4.78 is 4.88. The van der Waals surface area contributed by atoms with Gasteiger partial charge in [-0.1, -0.05) is 91.0 Å². The summed E-state index contributed by atoms with van der Waals surface area (Å²) in [6, 6.07) is 49.5. The van der Waals surface area contributed by atoms with E-state index >= 15 is 0 Å². The number of aromatic nitrogens is 1. The van der Waals surface area contributed by atoms with Crippen molar-refractivity contribution in [2.75, 3.05) is 0 Å². The van der Waals surface area contributed by atoms with Crippen molar-refractivity contribution >= 4 is 53.3 Å². The zero-order valence-electron chi connectivity index (χ0n) is 21.5. The van der Waals surface area contributed by atoms with Gasteiger partial charge in [-0.15, -0.1) is 11.3 Å². The molecule has 8 aromatic rings. The first-order valence-electron chi connectivity index (χ1n) is 13.3. The monoisotopic (exact) mass is 526 g/mol. The quantitative estimate of drug-likeness (QED) is 0.225. The fourth-order valence-corrected chi connectivity index (χ4v) is 7.25. The van der Waals surface area contributed by atoms with Crippen molar-refractivity contribution in [3.63, 3.8) is 0 Å². The van der Waals surface area contributed by atoms with Crippen LogP contribution in [0.1, 0.15) is 5.56 Å². The molecule has 0 aliphatic carbocycles. The van der Waals surface area contributed by atoms with E-state index in [2.05, 4.69) is 132 Å². The largest absolute Gasteiger partial charge is 0.309 e. The Kier molecular flexibility index (Phi) is 5.10. The fourth-order valence-electron chi connectivity index (χ4n) is 6.01. The molecule has 0 N–H and O–H groups in total. The van der Waals surface area contributed by atoms with E-state index in [9.17, 15) is 5.26 Å². The lowest BCUT2D eigenvalue weighted by molar-refractivity contribution is 1.18. The van der Waals surface area contributed by atoms with Crippen LogP contribution in [0.3, 0.4) is 0 Å². The van der Waals surface area contributed by atoms with Crippen molar-refractivity contribution < 1.29 is 0 Å². The second kappa shape index (κ2) is 8.95. The van der Waals surface area contributed by atoms with Crippen molar-refractivity contribution in [3.05, 3.63) is 139 Å². The molecule has 0 fully saturated rings. The Bertz CT molecular complexity index is 2240. The van der Waals surface area contributed by atoms with Crippen LogP contribution in [0.4, 0.5) is 0 Å². The first-order valence-corrected chi connectivity index (χ1v) is 14.1. The lowest BCUT2D eigenvalue weighted by Crippen LogP contribution is -1.96. The number of fused-ring (bicyclic) bond motifs is 6. The molecule has 0 atom stereocenters. The van der Waals surface area contributed by atoms with Crippen molar-refractivity contribution in [2.45, 2.75) is 0 Å². The second-order valence-electron chi connectivity index (χ2n) is 10.1. The van der Waals surface area contributed by atoms with E-state index in [0.29, 0.717) is 5.56 Å². The van der Waals surface area contributed by atoms with Crippen LogP contribution in [0.25, 0.3) is 69.9 Å². The van der Waals surface area contributed by atoms with Gasteiger partial charge in [-0.3, -0.25) is 0 Å². The molecule has 0 aliphatic rings. The molecule has 2 heterocycles. The third kappa shape index (κ3) is 3.48. The molecule has 2 aromatic heterocycles. The minimum atomic E-state index is 0.645.